The summed E-state index contributed by atoms with van der Waals surface area (Å²) in [7, 11) is 1.71. The third-order valence-corrected chi connectivity index (χ3v) is 7.73. The van der Waals surface area contributed by atoms with E-state index in [9.17, 15) is 18.8 Å². The van der Waals surface area contributed by atoms with Crippen LogP contribution in [0, 0.1) is 5.82 Å². The lowest BCUT2D eigenvalue weighted by Crippen LogP contribution is -2.53. The third kappa shape index (κ3) is 5.73. The Hall–Kier alpha value is -4.64. The second kappa shape index (κ2) is 11.7. The molecule has 1 saturated heterocycles. The first kappa shape index (κ1) is 27.5. The Balaban J connectivity index is 1.07. The molecule has 0 aromatic heterocycles. The number of likely N-dealkylation sites (N-methyl/N-ethyl adjacent to an activating group) is 1. The molecule has 0 aliphatic carbocycles. The van der Waals surface area contributed by atoms with E-state index in [0.717, 1.165) is 5.56 Å². The Morgan fingerprint density at radius 3 is 2.64 bits per heavy atom. The number of hydrogen-bond acceptors (Lipinski definition) is 7. The zero-order valence-corrected chi connectivity index (χ0v) is 22.9. The number of ether oxygens (including phenoxy) is 4. The number of nitrogens with one attached hydrogen (secondary N) is 2. The molecule has 3 amide bonds. The number of amides is 3. The van der Waals surface area contributed by atoms with Crippen molar-refractivity contribution in [3.8, 4) is 17.2 Å². The van der Waals surface area contributed by atoms with Gasteiger partial charge in [0.15, 0.2) is 11.5 Å². The Kier molecular flexibility index (Phi) is 7.66. The van der Waals surface area contributed by atoms with Gasteiger partial charge in [0.2, 0.25) is 12.7 Å². The summed E-state index contributed by atoms with van der Waals surface area (Å²) in [6, 6.07) is 15.7. The Bertz CT molecular complexity index is 1530. The van der Waals surface area contributed by atoms with E-state index in [0.29, 0.717) is 42.3 Å². The first-order chi connectivity index (χ1) is 20.4. The van der Waals surface area contributed by atoms with Gasteiger partial charge in [-0.2, -0.15) is 0 Å². The highest BCUT2D eigenvalue weighted by atomic mass is 19.1. The van der Waals surface area contributed by atoms with Gasteiger partial charge in [-0.15, -0.1) is 0 Å². The van der Waals surface area contributed by atoms with Crippen LogP contribution in [-0.2, 0) is 16.1 Å². The number of hydrogen-bond donors (Lipinski definition) is 2. The molecule has 3 aromatic rings. The van der Waals surface area contributed by atoms with Gasteiger partial charge in [0.1, 0.15) is 24.3 Å². The van der Waals surface area contributed by atoms with Crippen LogP contribution in [0.1, 0.15) is 45.5 Å². The lowest BCUT2D eigenvalue weighted by molar-refractivity contribution is -0.134. The molecule has 42 heavy (non-hydrogen) atoms. The van der Waals surface area contributed by atoms with Crippen molar-refractivity contribution in [3.63, 3.8) is 0 Å². The van der Waals surface area contributed by atoms with Crippen molar-refractivity contribution in [2.24, 2.45) is 0 Å². The van der Waals surface area contributed by atoms with E-state index in [1.807, 2.05) is 18.2 Å². The molecule has 0 spiro atoms. The predicted molar refractivity (Wildman–Crippen MR) is 149 cm³/mol. The minimum atomic E-state index is -0.635. The summed E-state index contributed by atoms with van der Waals surface area (Å²) in [6.07, 6.45) is 0.683. The molecule has 0 unspecified atom stereocenters. The van der Waals surface area contributed by atoms with Crippen LogP contribution >= 0.6 is 0 Å². The van der Waals surface area contributed by atoms with Crippen LogP contribution < -0.4 is 24.8 Å². The molecule has 0 bridgehead atoms. The maximum Gasteiger partial charge on any atom is 0.258 e. The topological polar surface area (TPSA) is 115 Å². The summed E-state index contributed by atoms with van der Waals surface area (Å²) in [5.41, 5.74) is 1.44. The lowest BCUT2D eigenvalue weighted by atomic mass is 9.94. The van der Waals surface area contributed by atoms with E-state index in [4.69, 9.17) is 18.9 Å². The van der Waals surface area contributed by atoms with Crippen LogP contribution in [-0.4, -0.2) is 61.3 Å². The molecule has 3 atom stereocenters. The molecule has 10 nitrogen and oxygen atoms in total. The van der Waals surface area contributed by atoms with Crippen molar-refractivity contribution in [2.75, 3.05) is 25.8 Å². The van der Waals surface area contributed by atoms with E-state index in [-0.39, 0.29) is 54.9 Å². The summed E-state index contributed by atoms with van der Waals surface area (Å²) in [6.45, 7) is 0.734. The number of halogens is 1. The van der Waals surface area contributed by atoms with Crippen molar-refractivity contribution >= 4 is 23.4 Å². The molecule has 3 aliphatic rings. The molecular weight excluding hydrogens is 545 g/mol. The summed E-state index contributed by atoms with van der Waals surface area (Å²) < 4.78 is 37.0. The van der Waals surface area contributed by atoms with Crippen LogP contribution in [0.15, 0.2) is 60.7 Å². The fourth-order valence-electron chi connectivity index (χ4n) is 5.48. The number of carbonyl (C=O) groups excluding carboxylic acids is 3. The maximum absolute atomic E-state index is 14.0. The molecule has 3 aromatic carbocycles. The van der Waals surface area contributed by atoms with Gasteiger partial charge < -0.3 is 34.5 Å². The Morgan fingerprint density at radius 2 is 1.79 bits per heavy atom. The van der Waals surface area contributed by atoms with Crippen LogP contribution in [0.4, 0.5) is 10.1 Å². The molecule has 2 N–H and O–H groups in total. The van der Waals surface area contributed by atoms with Gasteiger partial charge in [-0.1, -0.05) is 18.2 Å². The molecular formula is C31H30FN3O7. The second-order valence-electron chi connectivity index (χ2n) is 10.5. The zero-order chi connectivity index (χ0) is 29.2. The van der Waals surface area contributed by atoms with Crippen molar-refractivity contribution in [1.29, 1.82) is 0 Å². The van der Waals surface area contributed by atoms with E-state index < -0.39 is 17.8 Å². The summed E-state index contributed by atoms with van der Waals surface area (Å²) >= 11 is 0. The molecule has 6 rings (SSSR count). The number of benzene rings is 3. The number of anilines is 1. The van der Waals surface area contributed by atoms with E-state index >= 15 is 0 Å². The van der Waals surface area contributed by atoms with Gasteiger partial charge in [-0.05, 0) is 60.9 Å². The van der Waals surface area contributed by atoms with Crippen LogP contribution in [0.2, 0.25) is 0 Å². The molecule has 1 fully saturated rings. The van der Waals surface area contributed by atoms with Gasteiger partial charge in [0.25, 0.3) is 11.8 Å². The highest BCUT2D eigenvalue weighted by molar-refractivity contribution is 6.05. The SMILES string of the molecule is CN1C(=O)c2cc(NC(=O)c3ccccc3F)ccc2OC[C@@H]2O[C@H](CC(=O)NCc3ccc4c(c3)OCO4)CC[C@H]21. The summed E-state index contributed by atoms with van der Waals surface area (Å²) in [5, 5.41) is 5.58. The quantitative estimate of drug-likeness (QED) is 0.458. The summed E-state index contributed by atoms with van der Waals surface area (Å²) in [4.78, 5) is 40.4. The fourth-order valence-corrected chi connectivity index (χ4v) is 5.48. The lowest BCUT2D eigenvalue weighted by Gasteiger charge is -2.42. The van der Waals surface area contributed by atoms with E-state index in [1.165, 1.54) is 24.3 Å². The normalized spacial score (nSPS) is 20.9. The highest BCUT2D eigenvalue weighted by Crippen LogP contribution is 2.34. The zero-order valence-electron chi connectivity index (χ0n) is 22.9. The monoisotopic (exact) mass is 575 g/mol. The van der Waals surface area contributed by atoms with Crippen LogP contribution in [0.5, 0.6) is 17.2 Å². The van der Waals surface area contributed by atoms with Gasteiger partial charge in [-0.25, -0.2) is 4.39 Å². The molecule has 0 radical (unpaired) electrons. The van der Waals surface area contributed by atoms with Gasteiger partial charge >= 0.3 is 0 Å². The largest absolute Gasteiger partial charge is 0.490 e. The average Bonchev–Trinajstić information content (AvgIpc) is 3.46. The maximum atomic E-state index is 14.0. The molecule has 3 heterocycles. The first-order valence-electron chi connectivity index (χ1n) is 13.8. The van der Waals surface area contributed by atoms with Gasteiger partial charge in [0, 0.05) is 19.3 Å². The molecule has 0 saturated carbocycles. The Morgan fingerprint density at radius 1 is 0.976 bits per heavy atom. The van der Waals surface area contributed by atoms with Crippen molar-refractivity contribution in [2.45, 2.75) is 44.1 Å². The molecule has 11 heteroatoms. The summed E-state index contributed by atoms with van der Waals surface area (Å²) in [5.74, 6) is 0.0249. The van der Waals surface area contributed by atoms with E-state index in [1.54, 1.807) is 30.1 Å². The van der Waals surface area contributed by atoms with Crippen LogP contribution in [0.3, 0.4) is 0 Å². The van der Waals surface area contributed by atoms with Crippen LogP contribution in [0.25, 0.3) is 0 Å². The minimum absolute atomic E-state index is 0.0951. The molecule has 218 valence electrons. The number of rotatable bonds is 6. The standard InChI is InChI=1S/C31H30FN3O7/c1-35-24-9-8-20(14-29(36)33-15-18-6-10-26-27(12-18)41-17-40-26)42-28(24)16-39-25-11-7-19(13-22(25)31(35)38)34-30(37)21-4-2-3-5-23(21)32/h2-7,10-13,20,24,28H,8-9,14-17H2,1H3,(H,33,36)(H,34,37)/t20-,24+,28-/m0/s1. The van der Waals surface area contributed by atoms with Crippen molar-refractivity contribution in [1.82, 2.24) is 10.2 Å². The molecule has 3 aliphatic heterocycles. The van der Waals surface area contributed by atoms with E-state index in [2.05, 4.69) is 10.6 Å². The number of fused-ring (bicyclic) bond motifs is 3. The van der Waals surface area contributed by atoms with Gasteiger partial charge in [-0.3, -0.25) is 14.4 Å². The number of carbonyl (C=O) groups is 3. The predicted octanol–water partition coefficient (Wildman–Crippen LogP) is 3.89. The highest BCUT2D eigenvalue weighted by Gasteiger charge is 2.39. The van der Waals surface area contributed by atoms with Gasteiger partial charge in [0.05, 0.1) is 29.7 Å². The third-order valence-electron chi connectivity index (χ3n) is 7.73. The fraction of sp³-hybridized carbons (Fsp3) is 0.323. The average molecular weight is 576 g/mol. The second-order valence-corrected chi connectivity index (χ2v) is 10.5. The minimum Gasteiger partial charge on any atom is -0.490 e. The van der Waals surface area contributed by atoms with Crippen molar-refractivity contribution in [3.05, 3.63) is 83.2 Å². The first-order valence-corrected chi connectivity index (χ1v) is 13.8. The Labute approximate surface area is 241 Å². The van der Waals surface area contributed by atoms with Crippen molar-refractivity contribution < 1.29 is 37.7 Å². The number of nitrogens with zero attached hydrogens (tertiary/aromatic N) is 1. The smallest absolute Gasteiger partial charge is 0.258 e.